The van der Waals surface area contributed by atoms with Crippen LogP contribution in [0.2, 0.25) is 0 Å². The Morgan fingerprint density at radius 3 is 2.77 bits per heavy atom. The van der Waals surface area contributed by atoms with Gasteiger partial charge in [0.15, 0.2) is 0 Å². The second-order valence-corrected chi connectivity index (χ2v) is 4.92. The molecule has 1 unspecified atom stereocenters. The second kappa shape index (κ2) is 3.97. The van der Waals surface area contributed by atoms with Crippen LogP contribution >= 0.6 is 0 Å². The molecule has 76 valence electrons. The highest BCUT2D eigenvalue weighted by atomic mass is 16.5. The summed E-state index contributed by atoms with van der Waals surface area (Å²) in [5.74, 6) is 0. The molecule has 0 saturated carbocycles. The van der Waals surface area contributed by atoms with Gasteiger partial charge >= 0.3 is 0 Å². The summed E-state index contributed by atoms with van der Waals surface area (Å²) in [7, 11) is 0. The Hall–Kier alpha value is -0.0800. The average Bonchev–Trinajstić information content (AvgIpc) is 2.57. The molecule has 2 heteroatoms. The van der Waals surface area contributed by atoms with Crippen LogP contribution in [-0.4, -0.2) is 25.8 Å². The van der Waals surface area contributed by atoms with Crippen molar-refractivity contribution in [1.29, 1.82) is 0 Å². The molecule has 1 N–H and O–H groups in total. The van der Waals surface area contributed by atoms with Gasteiger partial charge in [-0.3, -0.25) is 0 Å². The van der Waals surface area contributed by atoms with Crippen LogP contribution in [0.5, 0.6) is 0 Å². The van der Waals surface area contributed by atoms with Gasteiger partial charge in [-0.25, -0.2) is 0 Å². The highest BCUT2D eigenvalue weighted by Gasteiger charge is 2.31. The van der Waals surface area contributed by atoms with Crippen LogP contribution in [0.15, 0.2) is 0 Å². The first-order valence-electron chi connectivity index (χ1n) is 5.60. The summed E-state index contributed by atoms with van der Waals surface area (Å²) in [6.07, 6.45) is 6.63. The standard InChI is InChI=1S/C11H21NO/c1-11(4-7-13-8-5-11)9-10-3-2-6-12-10/h10,12H,2-9H2,1H3. The van der Waals surface area contributed by atoms with E-state index in [-0.39, 0.29) is 0 Å². The fourth-order valence-electron chi connectivity index (χ4n) is 2.59. The van der Waals surface area contributed by atoms with E-state index in [9.17, 15) is 0 Å². The molecule has 2 heterocycles. The third-order valence-electron chi connectivity index (χ3n) is 3.60. The van der Waals surface area contributed by atoms with E-state index in [2.05, 4.69) is 12.2 Å². The van der Waals surface area contributed by atoms with Gasteiger partial charge in [-0.1, -0.05) is 6.92 Å². The molecule has 2 rings (SSSR count). The van der Waals surface area contributed by atoms with Crippen molar-refractivity contribution >= 4 is 0 Å². The van der Waals surface area contributed by atoms with Crippen molar-refractivity contribution < 1.29 is 4.74 Å². The van der Waals surface area contributed by atoms with Crippen LogP contribution in [0.25, 0.3) is 0 Å². The van der Waals surface area contributed by atoms with Gasteiger partial charge in [-0.05, 0) is 44.1 Å². The summed E-state index contributed by atoms with van der Waals surface area (Å²) in [4.78, 5) is 0. The molecule has 0 aliphatic carbocycles. The Morgan fingerprint density at radius 2 is 2.15 bits per heavy atom. The van der Waals surface area contributed by atoms with Gasteiger partial charge in [0, 0.05) is 19.3 Å². The number of rotatable bonds is 2. The lowest BCUT2D eigenvalue weighted by atomic mass is 9.77. The van der Waals surface area contributed by atoms with Crippen molar-refractivity contribution in [3.8, 4) is 0 Å². The van der Waals surface area contributed by atoms with E-state index in [0.717, 1.165) is 19.3 Å². The molecular weight excluding hydrogens is 162 g/mol. The molecule has 0 aromatic rings. The zero-order chi connectivity index (χ0) is 9.15. The minimum Gasteiger partial charge on any atom is -0.381 e. The molecule has 0 amide bonds. The summed E-state index contributed by atoms with van der Waals surface area (Å²) in [6, 6.07) is 0.795. The first kappa shape index (κ1) is 9.47. The molecule has 13 heavy (non-hydrogen) atoms. The predicted molar refractivity (Wildman–Crippen MR) is 53.8 cm³/mol. The molecule has 0 bridgehead atoms. The molecule has 2 aliphatic heterocycles. The number of ether oxygens (including phenoxy) is 1. The molecule has 2 saturated heterocycles. The molecule has 0 spiro atoms. The SMILES string of the molecule is CC1(CC2CCCN2)CCOCC1. The molecule has 1 atom stereocenters. The largest absolute Gasteiger partial charge is 0.381 e. The fraction of sp³-hybridized carbons (Fsp3) is 1.00. The van der Waals surface area contributed by atoms with Crippen molar-refractivity contribution in [2.24, 2.45) is 5.41 Å². The van der Waals surface area contributed by atoms with Crippen molar-refractivity contribution in [1.82, 2.24) is 5.32 Å². The summed E-state index contributed by atoms with van der Waals surface area (Å²) in [5.41, 5.74) is 0.556. The normalized spacial score (nSPS) is 33.5. The van der Waals surface area contributed by atoms with Gasteiger partial charge in [0.2, 0.25) is 0 Å². The van der Waals surface area contributed by atoms with Crippen LogP contribution in [0.1, 0.15) is 39.0 Å². The van der Waals surface area contributed by atoms with Gasteiger partial charge in [0.1, 0.15) is 0 Å². The minimum absolute atomic E-state index is 0.556. The third kappa shape index (κ3) is 2.44. The number of hydrogen-bond acceptors (Lipinski definition) is 2. The maximum absolute atomic E-state index is 5.41. The van der Waals surface area contributed by atoms with Gasteiger partial charge < -0.3 is 10.1 Å². The van der Waals surface area contributed by atoms with E-state index in [0.29, 0.717) is 5.41 Å². The second-order valence-electron chi connectivity index (χ2n) is 4.92. The zero-order valence-electron chi connectivity index (χ0n) is 8.64. The van der Waals surface area contributed by atoms with Crippen molar-refractivity contribution in [3.05, 3.63) is 0 Å². The summed E-state index contributed by atoms with van der Waals surface area (Å²) in [6.45, 7) is 5.61. The highest BCUT2D eigenvalue weighted by molar-refractivity contribution is 4.85. The van der Waals surface area contributed by atoms with Gasteiger partial charge in [-0.2, -0.15) is 0 Å². The lowest BCUT2D eigenvalue weighted by Crippen LogP contribution is -2.34. The molecule has 0 radical (unpaired) electrons. The van der Waals surface area contributed by atoms with Crippen LogP contribution in [-0.2, 0) is 4.74 Å². The van der Waals surface area contributed by atoms with E-state index >= 15 is 0 Å². The Morgan fingerprint density at radius 1 is 1.38 bits per heavy atom. The van der Waals surface area contributed by atoms with Crippen LogP contribution < -0.4 is 5.32 Å². The van der Waals surface area contributed by atoms with E-state index in [1.165, 1.54) is 38.6 Å². The maximum Gasteiger partial charge on any atom is 0.0471 e. The van der Waals surface area contributed by atoms with Crippen LogP contribution in [0.4, 0.5) is 0 Å². The predicted octanol–water partition coefficient (Wildman–Crippen LogP) is 1.95. The van der Waals surface area contributed by atoms with Gasteiger partial charge in [-0.15, -0.1) is 0 Å². The lowest BCUT2D eigenvalue weighted by Gasteiger charge is -2.35. The maximum atomic E-state index is 5.41. The Bertz CT molecular complexity index is 157. The van der Waals surface area contributed by atoms with E-state index in [4.69, 9.17) is 4.74 Å². The fourth-order valence-corrected chi connectivity index (χ4v) is 2.59. The van der Waals surface area contributed by atoms with Gasteiger partial charge in [0.05, 0.1) is 0 Å². The molecule has 0 aromatic carbocycles. The summed E-state index contributed by atoms with van der Waals surface area (Å²) >= 11 is 0. The Balaban J connectivity index is 1.83. The monoisotopic (exact) mass is 183 g/mol. The molecule has 2 nitrogen and oxygen atoms in total. The van der Waals surface area contributed by atoms with Crippen molar-refractivity contribution in [2.45, 2.75) is 45.1 Å². The van der Waals surface area contributed by atoms with Crippen molar-refractivity contribution in [3.63, 3.8) is 0 Å². The van der Waals surface area contributed by atoms with Crippen LogP contribution in [0, 0.1) is 5.41 Å². The highest BCUT2D eigenvalue weighted by Crippen LogP contribution is 2.35. The van der Waals surface area contributed by atoms with E-state index < -0.39 is 0 Å². The Kier molecular flexibility index (Phi) is 2.89. The smallest absolute Gasteiger partial charge is 0.0471 e. The molecule has 2 aliphatic rings. The number of nitrogens with one attached hydrogen (secondary N) is 1. The van der Waals surface area contributed by atoms with E-state index in [1.54, 1.807) is 0 Å². The van der Waals surface area contributed by atoms with Gasteiger partial charge in [0.25, 0.3) is 0 Å². The number of hydrogen-bond donors (Lipinski definition) is 1. The first-order valence-corrected chi connectivity index (χ1v) is 5.60. The minimum atomic E-state index is 0.556. The molecule has 2 fully saturated rings. The van der Waals surface area contributed by atoms with Crippen LogP contribution in [0.3, 0.4) is 0 Å². The summed E-state index contributed by atoms with van der Waals surface area (Å²) in [5, 5.41) is 3.59. The van der Waals surface area contributed by atoms with E-state index in [1.807, 2.05) is 0 Å². The summed E-state index contributed by atoms with van der Waals surface area (Å²) < 4.78 is 5.41. The lowest BCUT2D eigenvalue weighted by molar-refractivity contribution is 0.0158. The Labute approximate surface area is 81.0 Å². The third-order valence-corrected chi connectivity index (χ3v) is 3.60. The zero-order valence-corrected chi connectivity index (χ0v) is 8.64. The molecular formula is C11H21NO. The first-order chi connectivity index (χ1) is 6.29. The topological polar surface area (TPSA) is 21.3 Å². The quantitative estimate of drug-likeness (QED) is 0.706. The van der Waals surface area contributed by atoms with Crippen molar-refractivity contribution in [2.75, 3.05) is 19.8 Å². The molecule has 0 aromatic heterocycles. The average molecular weight is 183 g/mol.